The van der Waals surface area contributed by atoms with Gasteiger partial charge in [0.15, 0.2) is 0 Å². The molecule has 2 nitrogen and oxygen atoms in total. The second-order valence-electron chi connectivity index (χ2n) is 5.37. The fourth-order valence-corrected chi connectivity index (χ4v) is 2.25. The van der Waals surface area contributed by atoms with Crippen molar-refractivity contribution >= 4 is 17.3 Å². The van der Waals surface area contributed by atoms with Gasteiger partial charge in [0, 0.05) is 23.8 Å². The van der Waals surface area contributed by atoms with Crippen LogP contribution in [0.2, 0.25) is 5.02 Å². The van der Waals surface area contributed by atoms with Crippen LogP contribution in [0.5, 0.6) is 0 Å². The third kappa shape index (κ3) is 4.26. The van der Waals surface area contributed by atoms with E-state index < -0.39 is 0 Å². The summed E-state index contributed by atoms with van der Waals surface area (Å²) in [4.78, 5) is 2.16. The Morgan fingerprint density at radius 2 is 1.65 bits per heavy atom. The van der Waals surface area contributed by atoms with Crippen LogP contribution in [-0.4, -0.2) is 19.0 Å². The maximum absolute atomic E-state index is 6.13. The minimum atomic E-state index is 0.785. The zero-order valence-electron chi connectivity index (χ0n) is 12.3. The fourth-order valence-electron chi connectivity index (χ4n) is 2.04. The van der Waals surface area contributed by atoms with Crippen LogP contribution in [0.1, 0.15) is 16.7 Å². The van der Waals surface area contributed by atoms with E-state index in [2.05, 4.69) is 60.7 Å². The molecule has 0 heterocycles. The Morgan fingerprint density at radius 1 is 1.00 bits per heavy atom. The van der Waals surface area contributed by atoms with E-state index in [0.29, 0.717) is 0 Å². The average Bonchev–Trinajstić information content (AvgIpc) is 2.41. The molecular formula is C17H21ClN2. The van der Waals surface area contributed by atoms with Gasteiger partial charge in [-0.25, -0.2) is 0 Å². The highest BCUT2D eigenvalue weighted by Crippen LogP contribution is 2.18. The SMILES string of the molecule is Cc1ccc(CNc2ccc(CN(C)C)cc2)cc1Cl. The van der Waals surface area contributed by atoms with E-state index in [1.165, 1.54) is 11.1 Å². The molecule has 3 heteroatoms. The number of benzene rings is 2. The number of rotatable bonds is 5. The van der Waals surface area contributed by atoms with Gasteiger partial charge in [-0.2, -0.15) is 0 Å². The van der Waals surface area contributed by atoms with Gasteiger partial charge in [0.25, 0.3) is 0 Å². The number of hydrogen-bond donors (Lipinski definition) is 1. The second-order valence-corrected chi connectivity index (χ2v) is 5.78. The molecule has 0 saturated carbocycles. The largest absolute Gasteiger partial charge is 0.381 e. The highest BCUT2D eigenvalue weighted by molar-refractivity contribution is 6.31. The van der Waals surface area contributed by atoms with Crippen molar-refractivity contribution in [1.29, 1.82) is 0 Å². The number of aryl methyl sites for hydroxylation is 1. The summed E-state index contributed by atoms with van der Waals surface area (Å²) in [6, 6.07) is 14.7. The number of nitrogens with one attached hydrogen (secondary N) is 1. The molecule has 2 aromatic rings. The highest BCUT2D eigenvalue weighted by Gasteiger charge is 1.99. The highest BCUT2D eigenvalue weighted by atomic mass is 35.5. The Bertz CT molecular complexity index is 562. The first-order chi connectivity index (χ1) is 9.54. The van der Waals surface area contributed by atoms with E-state index in [9.17, 15) is 0 Å². The molecule has 0 bridgehead atoms. The molecule has 0 spiro atoms. The Labute approximate surface area is 126 Å². The molecule has 0 radical (unpaired) electrons. The Morgan fingerprint density at radius 3 is 2.25 bits per heavy atom. The minimum Gasteiger partial charge on any atom is -0.381 e. The summed E-state index contributed by atoms with van der Waals surface area (Å²) in [6.45, 7) is 3.77. The maximum atomic E-state index is 6.13. The van der Waals surface area contributed by atoms with E-state index >= 15 is 0 Å². The third-order valence-electron chi connectivity index (χ3n) is 3.19. The van der Waals surface area contributed by atoms with Crippen LogP contribution >= 0.6 is 11.6 Å². The molecule has 0 aliphatic rings. The van der Waals surface area contributed by atoms with Crippen LogP contribution in [0.4, 0.5) is 5.69 Å². The monoisotopic (exact) mass is 288 g/mol. The second kappa shape index (κ2) is 6.78. The number of halogens is 1. The van der Waals surface area contributed by atoms with Crippen LogP contribution in [-0.2, 0) is 13.1 Å². The zero-order chi connectivity index (χ0) is 14.5. The zero-order valence-corrected chi connectivity index (χ0v) is 13.0. The van der Waals surface area contributed by atoms with E-state index in [-0.39, 0.29) is 0 Å². The molecular weight excluding hydrogens is 268 g/mol. The van der Waals surface area contributed by atoms with Gasteiger partial charge in [-0.1, -0.05) is 35.9 Å². The quantitative estimate of drug-likeness (QED) is 0.881. The van der Waals surface area contributed by atoms with Crippen LogP contribution in [0.25, 0.3) is 0 Å². The first kappa shape index (κ1) is 14.9. The summed E-state index contributed by atoms with van der Waals surface area (Å²) in [5.74, 6) is 0. The molecule has 106 valence electrons. The van der Waals surface area contributed by atoms with Gasteiger partial charge in [-0.3, -0.25) is 0 Å². The summed E-state index contributed by atoms with van der Waals surface area (Å²) in [5.41, 5.74) is 4.75. The number of nitrogens with zero attached hydrogens (tertiary/aromatic N) is 1. The molecule has 0 amide bonds. The Balaban J connectivity index is 1.95. The van der Waals surface area contributed by atoms with Crippen LogP contribution in [0, 0.1) is 6.92 Å². The predicted octanol–water partition coefficient (Wildman–Crippen LogP) is 4.32. The Kier molecular flexibility index (Phi) is 5.05. The van der Waals surface area contributed by atoms with E-state index in [4.69, 9.17) is 11.6 Å². The van der Waals surface area contributed by atoms with Gasteiger partial charge in [0.1, 0.15) is 0 Å². The molecule has 0 atom stereocenters. The number of anilines is 1. The minimum absolute atomic E-state index is 0.785. The summed E-state index contributed by atoms with van der Waals surface area (Å²) in [6.07, 6.45) is 0. The number of hydrogen-bond acceptors (Lipinski definition) is 2. The molecule has 2 aromatic carbocycles. The van der Waals surface area contributed by atoms with Crippen molar-refractivity contribution in [2.24, 2.45) is 0 Å². The van der Waals surface area contributed by atoms with Crippen molar-refractivity contribution in [3.8, 4) is 0 Å². The molecule has 0 aliphatic carbocycles. The normalized spacial score (nSPS) is 10.8. The lowest BCUT2D eigenvalue weighted by Crippen LogP contribution is -2.10. The smallest absolute Gasteiger partial charge is 0.0438 e. The van der Waals surface area contributed by atoms with Gasteiger partial charge in [-0.05, 0) is 55.9 Å². The molecule has 0 fully saturated rings. The van der Waals surface area contributed by atoms with Crippen molar-refractivity contribution < 1.29 is 0 Å². The van der Waals surface area contributed by atoms with E-state index in [1.807, 2.05) is 13.0 Å². The van der Waals surface area contributed by atoms with Crippen LogP contribution < -0.4 is 5.32 Å². The summed E-state index contributed by atoms with van der Waals surface area (Å²) >= 11 is 6.13. The maximum Gasteiger partial charge on any atom is 0.0438 e. The van der Waals surface area contributed by atoms with E-state index in [1.54, 1.807) is 0 Å². The van der Waals surface area contributed by atoms with Gasteiger partial charge < -0.3 is 10.2 Å². The van der Waals surface area contributed by atoms with Crippen LogP contribution in [0.15, 0.2) is 42.5 Å². The fraction of sp³-hybridized carbons (Fsp3) is 0.294. The molecule has 0 saturated heterocycles. The lowest BCUT2D eigenvalue weighted by Gasteiger charge is -2.11. The molecule has 0 unspecified atom stereocenters. The summed E-state index contributed by atoms with van der Waals surface area (Å²) < 4.78 is 0. The van der Waals surface area contributed by atoms with Gasteiger partial charge >= 0.3 is 0 Å². The van der Waals surface area contributed by atoms with Crippen LogP contribution in [0.3, 0.4) is 0 Å². The van der Waals surface area contributed by atoms with E-state index in [0.717, 1.165) is 29.4 Å². The third-order valence-corrected chi connectivity index (χ3v) is 3.59. The predicted molar refractivity (Wildman–Crippen MR) is 87.3 cm³/mol. The lowest BCUT2D eigenvalue weighted by molar-refractivity contribution is 0.402. The molecule has 0 aliphatic heterocycles. The first-order valence-electron chi connectivity index (χ1n) is 6.77. The van der Waals surface area contributed by atoms with Crippen molar-refractivity contribution in [3.05, 3.63) is 64.2 Å². The van der Waals surface area contributed by atoms with Gasteiger partial charge in [0.05, 0.1) is 0 Å². The van der Waals surface area contributed by atoms with Gasteiger partial charge in [-0.15, -0.1) is 0 Å². The van der Waals surface area contributed by atoms with Crippen molar-refractivity contribution in [1.82, 2.24) is 4.90 Å². The Hall–Kier alpha value is -1.51. The molecule has 2 rings (SSSR count). The topological polar surface area (TPSA) is 15.3 Å². The standard InChI is InChI=1S/C17H21ClN2/c1-13-4-5-15(10-17(13)18)11-19-16-8-6-14(7-9-16)12-20(2)3/h4-10,19H,11-12H2,1-3H3. The van der Waals surface area contributed by atoms with Gasteiger partial charge in [0.2, 0.25) is 0 Å². The summed E-state index contributed by atoms with van der Waals surface area (Å²) in [5, 5.41) is 4.24. The van der Waals surface area contributed by atoms with Crippen molar-refractivity contribution in [3.63, 3.8) is 0 Å². The average molecular weight is 289 g/mol. The summed E-state index contributed by atoms with van der Waals surface area (Å²) in [7, 11) is 4.15. The van der Waals surface area contributed by atoms with Crippen molar-refractivity contribution in [2.45, 2.75) is 20.0 Å². The molecule has 1 N–H and O–H groups in total. The molecule has 0 aromatic heterocycles. The first-order valence-corrected chi connectivity index (χ1v) is 7.15. The molecule has 20 heavy (non-hydrogen) atoms. The lowest BCUT2D eigenvalue weighted by atomic mass is 10.1. The van der Waals surface area contributed by atoms with Crippen molar-refractivity contribution in [2.75, 3.05) is 19.4 Å².